The highest BCUT2D eigenvalue weighted by molar-refractivity contribution is 14.0. The molecule has 1 rings (SSSR count). The largest absolute Gasteiger partial charge is 0.370 e. The highest BCUT2D eigenvalue weighted by atomic mass is 127. The summed E-state index contributed by atoms with van der Waals surface area (Å²) in [5, 5.41) is 7.06. The second-order valence-electron chi connectivity index (χ2n) is 5.55. The van der Waals surface area contributed by atoms with Crippen molar-refractivity contribution in [3.63, 3.8) is 0 Å². The molecule has 19 heavy (non-hydrogen) atoms. The number of guanidine groups is 1. The Kier molecular flexibility index (Phi) is 7.39. The van der Waals surface area contributed by atoms with Crippen molar-refractivity contribution in [1.82, 2.24) is 10.5 Å². The standard InChI is InChI=1S/C13H24N4O.HI/c1-9-11(10(2)18-17-9)7-6-8-15-12(14)16-13(3,4)5;/h6-8H2,1-5H3,(H3,14,15,16);1H. The number of halogens is 1. The number of nitrogens with one attached hydrogen (secondary N) is 1. The molecule has 0 spiro atoms. The second kappa shape index (κ2) is 7.72. The lowest BCUT2D eigenvalue weighted by molar-refractivity contribution is 0.392. The van der Waals surface area contributed by atoms with Crippen LogP contribution in [0.3, 0.4) is 0 Å². The Morgan fingerprint density at radius 1 is 1.37 bits per heavy atom. The highest BCUT2D eigenvalue weighted by Crippen LogP contribution is 2.14. The van der Waals surface area contributed by atoms with Crippen molar-refractivity contribution in [2.75, 3.05) is 6.54 Å². The van der Waals surface area contributed by atoms with Gasteiger partial charge in [-0.15, -0.1) is 24.0 Å². The fourth-order valence-electron chi connectivity index (χ4n) is 1.74. The zero-order valence-corrected chi connectivity index (χ0v) is 14.7. The van der Waals surface area contributed by atoms with Crippen LogP contribution in [0.5, 0.6) is 0 Å². The van der Waals surface area contributed by atoms with Gasteiger partial charge in [-0.3, -0.25) is 4.99 Å². The Labute approximate surface area is 132 Å². The third kappa shape index (κ3) is 6.79. The van der Waals surface area contributed by atoms with Gasteiger partial charge in [0.05, 0.1) is 5.69 Å². The van der Waals surface area contributed by atoms with E-state index in [4.69, 9.17) is 10.3 Å². The van der Waals surface area contributed by atoms with E-state index in [0.717, 1.165) is 24.3 Å². The second-order valence-corrected chi connectivity index (χ2v) is 5.55. The van der Waals surface area contributed by atoms with Crippen molar-refractivity contribution < 1.29 is 4.52 Å². The molecular formula is C13H25IN4O. The molecule has 0 saturated heterocycles. The van der Waals surface area contributed by atoms with Crippen molar-refractivity contribution >= 4 is 29.9 Å². The monoisotopic (exact) mass is 380 g/mol. The lowest BCUT2D eigenvalue weighted by atomic mass is 10.1. The number of aliphatic imine (C=N–C) groups is 1. The Hall–Kier alpha value is -0.790. The Balaban J connectivity index is 0.00000324. The first-order valence-electron chi connectivity index (χ1n) is 6.29. The molecule has 0 aliphatic carbocycles. The summed E-state index contributed by atoms with van der Waals surface area (Å²) in [5.74, 6) is 1.40. The maximum absolute atomic E-state index is 5.79. The summed E-state index contributed by atoms with van der Waals surface area (Å²) in [6.45, 7) is 10.8. The molecule has 1 aromatic rings. The van der Waals surface area contributed by atoms with E-state index in [1.165, 1.54) is 5.56 Å². The van der Waals surface area contributed by atoms with Gasteiger partial charge in [0, 0.05) is 17.6 Å². The van der Waals surface area contributed by atoms with Crippen LogP contribution in [-0.4, -0.2) is 23.2 Å². The molecule has 1 heterocycles. The molecule has 0 amide bonds. The van der Waals surface area contributed by atoms with Crippen LogP contribution in [0.15, 0.2) is 9.52 Å². The lowest BCUT2D eigenvalue weighted by Crippen LogP contribution is -2.45. The number of aryl methyl sites for hydroxylation is 2. The third-order valence-corrected chi connectivity index (χ3v) is 2.55. The van der Waals surface area contributed by atoms with Gasteiger partial charge in [-0.05, 0) is 47.5 Å². The van der Waals surface area contributed by atoms with Crippen LogP contribution in [0.25, 0.3) is 0 Å². The molecule has 0 aromatic carbocycles. The minimum absolute atomic E-state index is 0. The average Bonchev–Trinajstić information content (AvgIpc) is 2.52. The molecule has 0 atom stereocenters. The maximum atomic E-state index is 5.79. The molecular weight excluding hydrogens is 355 g/mol. The third-order valence-electron chi connectivity index (χ3n) is 2.55. The summed E-state index contributed by atoms with van der Waals surface area (Å²) in [6.07, 6.45) is 1.86. The topological polar surface area (TPSA) is 76.4 Å². The molecule has 0 unspecified atom stereocenters. The predicted octanol–water partition coefficient (Wildman–Crippen LogP) is 2.54. The molecule has 0 aliphatic heterocycles. The molecule has 110 valence electrons. The highest BCUT2D eigenvalue weighted by Gasteiger charge is 2.10. The van der Waals surface area contributed by atoms with Gasteiger partial charge in [0.2, 0.25) is 0 Å². The van der Waals surface area contributed by atoms with Gasteiger partial charge < -0.3 is 15.6 Å². The minimum atomic E-state index is -0.0464. The Morgan fingerprint density at radius 3 is 2.47 bits per heavy atom. The first-order valence-corrected chi connectivity index (χ1v) is 6.29. The summed E-state index contributed by atoms with van der Waals surface area (Å²) >= 11 is 0. The molecule has 0 radical (unpaired) electrons. The van der Waals surface area contributed by atoms with Crippen LogP contribution < -0.4 is 11.1 Å². The fourth-order valence-corrected chi connectivity index (χ4v) is 1.74. The van der Waals surface area contributed by atoms with Crippen molar-refractivity contribution in [2.24, 2.45) is 10.7 Å². The fraction of sp³-hybridized carbons (Fsp3) is 0.692. The quantitative estimate of drug-likeness (QED) is 0.364. The Morgan fingerprint density at radius 2 is 2.00 bits per heavy atom. The van der Waals surface area contributed by atoms with Crippen molar-refractivity contribution in [3.05, 3.63) is 17.0 Å². The number of nitrogens with zero attached hydrogens (tertiary/aromatic N) is 2. The van der Waals surface area contributed by atoms with E-state index in [1.807, 2.05) is 13.8 Å². The molecule has 0 fully saturated rings. The van der Waals surface area contributed by atoms with Crippen LogP contribution in [0.2, 0.25) is 0 Å². The van der Waals surface area contributed by atoms with Gasteiger partial charge in [0.1, 0.15) is 5.76 Å². The molecule has 0 aliphatic rings. The van der Waals surface area contributed by atoms with Crippen molar-refractivity contribution in [3.8, 4) is 0 Å². The summed E-state index contributed by atoms with van der Waals surface area (Å²) in [6, 6.07) is 0. The van der Waals surface area contributed by atoms with Crippen LogP contribution in [0.1, 0.15) is 44.2 Å². The molecule has 0 bridgehead atoms. The van der Waals surface area contributed by atoms with Gasteiger partial charge in [-0.25, -0.2) is 0 Å². The maximum Gasteiger partial charge on any atom is 0.188 e. The van der Waals surface area contributed by atoms with Crippen molar-refractivity contribution in [1.29, 1.82) is 0 Å². The zero-order valence-electron chi connectivity index (χ0n) is 12.4. The summed E-state index contributed by atoms with van der Waals surface area (Å²) in [7, 11) is 0. The lowest BCUT2D eigenvalue weighted by Gasteiger charge is -2.20. The van der Waals surface area contributed by atoms with Crippen LogP contribution >= 0.6 is 24.0 Å². The van der Waals surface area contributed by atoms with E-state index in [-0.39, 0.29) is 29.5 Å². The molecule has 5 nitrogen and oxygen atoms in total. The number of hydrogen-bond donors (Lipinski definition) is 2. The van der Waals surface area contributed by atoms with Crippen LogP contribution in [-0.2, 0) is 6.42 Å². The van der Waals surface area contributed by atoms with Gasteiger partial charge in [0.15, 0.2) is 5.96 Å². The van der Waals surface area contributed by atoms with E-state index in [2.05, 4.69) is 36.2 Å². The zero-order chi connectivity index (χ0) is 13.8. The van der Waals surface area contributed by atoms with E-state index in [9.17, 15) is 0 Å². The van der Waals surface area contributed by atoms with Crippen LogP contribution in [0, 0.1) is 13.8 Å². The molecule has 6 heteroatoms. The number of nitrogens with two attached hydrogens (primary N) is 1. The first-order chi connectivity index (χ1) is 8.29. The van der Waals surface area contributed by atoms with E-state index < -0.39 is 0 Å². The Bertz CT molecular complexity index is 401. The van der Waals surface area contributed by atoms with Gasteiger partial charge in [0.25, 0.3) is 0 Å². The average molecular weight is 380 g/mol. The van der Waals surface area contributed by atoms with E-state index >= 15 is 0 Å². The number of aromatic nitrogens is 1. The molecule has 1 aromatic heterocycles. The van der Waals surface area contributed by atoms with Gasteiger partial charge in [-0.1, -0.05) is 5.16 Å². The SMILES string of the molecule is Cc1noc(C)c1CCCN=C(N)NC(C)(C)C.I. The number of hydrogen-bond acceptors (Lipinski definition) is 3. The molecule has 3 N–H and O–H groups in total. The smallest absolute Gasteiger partial charge is 0.188 e. The summed E-state index contributed by atoms with van der Waals surface area (Å²) in [4.78, 5) is 4.30. The first kappa shape index (κ1) is 18.2. The van der Waals surface area contributed by atoms with E-state index in [0.29, 0.717) is 12.5 Å². The normalized spacial score (nSPS) is 12.2. The summed E-state index contributed by atoms with van der Waals surface area (Å²) < 4.78 is 5.12. The van der Waals surface area contributed by atoms with Crippen LogP contribution in [0.4, 0.5) is 0 Å². The minimum Gasteiger partial charge on any atom is -0.370 e. The van der Waals surface area contributed by atoms with E-state index in [1.54, 1.807) is 0 Å². The number of rotatable bonds is 4. The van der Waals surface area contributed by atoms with Crippen molar-refractivity contribution in [2.45, 2.75) is 53.0 Å². The summed E-state index contributed by atoms with van der Waals surface area (Å²) in [5.41, 5.74) is 7.90. The van der Waals surface area contributed by atoms with Gasteiger partial charge >= 0.3 is 0 Å². The molecule has 0 saturated carbocycles. The van der Waals surface area contributed by atoms with Gasteiger partial charge in [-0.2, -0.15) is 0 Å². The predicted molar refractivity (Wildman–Crippen MR) is 89.1 cm³/mol.